The van der Waals surface area contributed by atoms with Crippen molar-refractivity contribution in [2.45, 2.75) is 155 Å². The van der Waals surface area contributed by atoms with Gasteiger partial charge in [-0.2, -0.15) is 0 Å². The number of hydrogen-bond donors (Lipinski definition) is 1. The van der Waals surface area contributed by atoms with Gasteiger partial charge in [-0.05, 0) is 12.3 Å². The number of aliphatic hydroxyl groups is 1. The van der Waals surface area contributed by atoms with Gasteiger partial charge in [0.15, 0.2) is 0 Å². The molecule has 0 radical (unpaired) electrons. The van der Waals surface area contributed by atoms with Crippen LogP contribution in [-0.4, -0.2) is 21.0 Å². The summed E-state index contributed by atoms with van der Waals surface area (Å²) >= 11 is 0. The minimum atomic E-state index is -1.42. The molecule has 0 spiro atoms. The predicted molar refractivity (Wildman–Crippen MR) is 131 cm³/mol. The fourth-order valence-electron chi connectivity index (χ4n) is 4.02. The van der Waals surface area contributed by atoms with E-state index in [-0.39, 0.29) is 0 Å². The molecule has 0 aromatic heterocycles. The lowest BCUT2D eigenvalue weighted by Gasteiger charge is -2.05. The monoisotopic (exact) mass is 442 g/mol. The van der Waals surface area contributed by atoms with Crippen LogP contribution < -0.4 is 0 Å². The molecule has 180 valence electrons. The summed E-state index contributed by atoms with van der Waals surface area (Å²) in [5.74, 6) is 0.892. The van der Waals surface area contributed by atoms with Gasteiger partial charge in [0.2, 0.25) is 0 Å². The Bertz CT molecular complexity index is 328. The highest BCUT2D eigenvalue weighted by Crippen LogP contribution is 2.15. The molecular weight excluding hydrogens is 388 g/mol. The number of hydrogen-bond acceptors (Lipinski definition) is 3. The molecule has 0 atom stereocenters. The molecule has 0 amide bonds. The largest absolute Gasteiger partial charge is 0.549 e. The van der Waals surface area contributed by atoms with Crippen molar-refractivity contribution in [1.29, 1.82) is 0 Å². The van der Waals surface area contributed by atoms with Crippen LogP contribution in [-0.2, 0) is 8.92 Å². The van der Waals surface area contributed by atoms with Gasteiger partial charge in [0.25, 0.3) is 0 Å². The van der Waals surface area contributed by atoms with Gasteiger partial charge < -0.3 is 5.11 Å². The Balaban J connectivity index is 0. The van der Waals surface area contributed by atoms with Crippen LogP contribution in [0.3, 0.4) is 0 Å². The van der Waals surface area contributed by atoms with Crippen LogP contribution in [0.2, 0.25) is 0 Å². The van der Waals surface area contributed by atoms with Gasteiger partial charge in [0, 0.05) is 6.61 Å². The lowest BCUT2D eigenvalue weighted by Crippen LogP contribution is -1.87. The molecule has 3 nitrogen and oxygen atoms in total. The topological polar surface area (TPSA) is 54.4 Å². The normalized spacial score (nSPS) is 10.7. The minimum absolute atomic E-state index is 0.374. The van der Waals surface area contributed by atoms with Crippen molar-refractivity contribution in [3.8, 4) is 0 Å². The van der Waals surface area contributed by atoms with E-state index in [9.17, 15) is 0 Å². The van der Waals surface area contributed by atoms with Gasteiger partial charge in [0.1, 0.15) is 0 Å². The standard InChI is InChI=1S/C26H54O.O2Si/c1-26(2)24-22-20-18-16-14-12-10-8-6-4-3-5-7-9-11-13-15-17-19-21-23-25-27;1-3-2/h26-27H,3-25H2,1-2H3;. The third kappa shape index (κ3) is 35.2. The van der Waals surface area contributed by atoms with Crippen LogP contribution in [0.1, 0.15) is 155 Å². The fraction of sp³-hybridized carbons (Fsp3) is 1.00. The average molecular weight is 443 g/mol. The van der Waals surface area contributed by atoms with Crippen molar-refractivity contribution in [2.75, 3.05) is 6.61 Å². The molecule has 0 bridgehead atoms. The summed E-state index contributed by atoms with van der Waals surface area (Å²) < 4.78 is 16.8. The highest BCUT2D eigenvalue weighted by molar-refractivity contribution is 5.94. The summed E-state index contributed by atoms with van der Waals surface area (Å²) in [7, 11) is -1.42. The first-order valence-electron chi connectivity index (χ1n) is 13.3. The maximum absolute atomic E-state index is 8.74. The highest BCUT2D eigenvalue weighted by Gasteiger charge is 1.96. The van der Waals surface area contributed by atoms with Crippen molar-refractivity contribution in [2.24, 2.45) is 5.92 Å². The smallest absolute Gasteiger partial charge is 0.396 e. The molecule has 0 rings (SSSR count). The van der Waals surface area contributed by atoms with Gasteiger partial charge in [-0.3, -0.25) is 8.92 Å². The molecule has 4 heteroatoms. The summed E-state index contributed by atoms with van der Waals surface area (Å²) in [5.41, 5.74) is 0. The first-order valence-corrected chi connectivity index (χ1v) is 14.1. The van der Waals surface area contributed by atoms with Gasteiger partial charge in [-0.25, -0.2) is 0 Å². The van der Waals surface area contributed by atoms with Crippen LogP contribution in [0, 0.1) is 5.92 Å². The van der Waals surface area contributed by atoms with E-state index in [2.05, 4.69) is 13.8 Å². The van der Waals surface area contributed by atoms with E-state index in [1.165, 1.54) is 135 Å². The second kappa shape index (κ2) is 31.0. The quantitative estimate of drug-likeness (QED) is 0.127. The molecule has 30 heavy (non-hydrogen) atoms. The summed E-state index contributed by atoms with van der Waals surface area (Å²) in [6.07, 6.45) is 31.2. The van der Waals surface area contributed by atoms with Crippen molar-refractivity contribution >= 4 is 9.29 Å². The second-order valence-electron chi connectivity index (χ2n) is 9.41. The minimum Gasteiger partial charge on any atom is -0.396 e. The molecule has 0 saturated heterocycles. The molecule has 0 aliphatic carbocycles. The molecular formula is C26H54O3Si. The zero-order valence-corrected chi connectivity index (χ0v) is 21.6. The summed E-state index contributed by atoms with van der Waals surface area (Å²) in [5, 5.41) is 8.74. The summed E-state index contributed by atoms with van der Waals surface area (Å²) in [6, 6.07) is 0. The fourth-order valence-corrected chi connectivity index (χ4v) is 4.02. The Morgan fingerprint density at radius 3 is 0.867 bits per heavy atom. The van der Waals surface area contributed by atoms with E-state index in [1.807, 2.05) is 0 Å². The molecule has 0 saturated carbocycles. The van der Waals surface area contributed by atoms with Crippen molar-refractivity contribution in [3.63, 3.8) is 0 Å². The second-order valence-corrected chi connectivity index (χ2v) is 9.58. The predicted octanol–water partition coefficient (Wildman–Crippen LogP) is 8.60. The van der Waals surface area contributed by atoms with Crippen LogP contribution in [0.5, 0.6) is 0 Å². The summed E-state index contributed by atoms with van der Waals surface area (Å²) in [6.45, 7) is 5.05. The molecule has 1 N–H and O–H groups in total. The molecule has 0 heterocycles. The molecule has 0 fully saturated rings. The van der Waals surface area contributed by atoms with Gasteiger partial charge in [-0.1, -0.05) is 149 Å². The Labute approximate surface area is 191 Å². The van der Waals surface area contributed by atoms with Crippen LogP contribution >= 0.6 is 0 Å². The Kier molecular flexibility index (Phi) is 33.0. The zero-order valence-electron chi connectivity index (χ0n) is 20.6. The number of aliphatic hydroxyl groups excluding tert-OH is 1. The molecule has 0 aromatic rings. The van der Waals surface area contributed by atoms with E-state index < -0.39 is 9.29 Å². The van der Waals surface area contributed by atoms with E-state index in [0.717, 1.165) is 12.3 Å². The molecule has 0 unspecified atom stereocenters. The van der Waals surface area contributed by atoms with Crippen LogP contribution in [0.4, 0.5) is 0 Å². The van der Waals surface area contributed by atoms with Crippen molar-refractivity contribution in [3.05, 3.63) is 0 Å². The SMILES string of the molecule is CC(C)CCCCCCCCCCCCCCCCCCCCCCCO.O=[Si]=O. The zero-order chi connectivity index (χ0) is 22.5. The van der Waals surface area contributed by atoms with E-state index in [4.69, 9.17) is 14.0 Å². The Hall–Kier alpha value is -0.223. The number of unbranched alkanes of at least 4 members (excludes halogenated alkanes) is 20. The van der Waals surface area contributed by atoms with Crippen molar-refractivity contribution in [1.82, 2.24) is 0 Å². The van der Waals surface area contributed by atoms with E-state index in [0.29, 0.717) is 6.61 Å². The lowest BCUT2D eigenvalue weighted by atomic mass is 10.0. The average Bonchev–Trinajstić information content (AvgIpc) is 2.72. The van der Waals surface area contributed by atoms with Gasteiger partial charge >= 0.3 is 9.29 Å². The maximum atomic E-state index is 8.74. The first-order chi connectivity index (χ1) is 14.7. The number of rotatable bonds is 23. The van der Waals surface area contributed by atoms with Crippen molar-refractivity contribution < 1.29 is 14.0 Å². The van der Waals surface area contributed by atoms with Crippen LogP contribution in [0.15, 0.2) is 0 Å². The molecule has 0 aliphatic rings. The van der Waals surface area contributed by atoms with Gasteiger partial charge in [0.05, 0.1) is 0 Å². The molecule has 0 aromatic carbocycles. The maximum Gasteiger partial charge on any atom is 0.549 e. The Morgan fingerprint density at radius 2 is 0.667 bits per heavy atom. The summed E-state index contributed by atoms with van der Waals surface area (Å²) in [4.78, 5) is 0. The third-order valence-electron chi connectivity index (χ3n) is 5.94. The first kappa shape index (κ1) is 32.0. The molecule has 0 aliphatic heterocycles. The van der Waals surface area contributed by atoms with Gasteiger partial charge in [-0.15, -0.1) is 0 Å². The van der Waals surface area contributed by atoms with Crippen LogP contribution in [0.25, 0.3) is 0 Å². The highest BCUT2D eigenvalue weighted by atomic mass is 28.2. The van der Waals surface area contributed by atoms with E-state index in [1.54, 1.807) is 0 Å². The third-order valence-corrected chi connectivity index (χ3v) is 5.94. The lowest BCUT2D eigenvalue weighted by molar-refractivity contribution is 0.282. The Morgan fingerprint density at radius 1 is 0.467 bits per heavy atom. The van der Waals surface area contributed by atoms with E-state index >= 15 is 0 Å².